The van der Waals surface area contributed by atoms with Crippen molar-refractivity contribution in [2.24, 2.45) is 0 Å². The number of ether oxygens (including phenoxy) is 1. The third-order valence-electron chi connectivity index (χ3n) is 2.94. The summed E-state index contributed by atoms with van der Waals surface area (Å²) >= 11 is 0. The van der Waals surface area contributed by atoms with Gasteiger partial charge in [0.15, 0.2) is 0 Å². The molecule has 1 N–H and O–H groups in total. The van der Waals surface area contributed by atoms with Crippen molar-refractivity contribution in [3.63, 3.8) is 0 Å². The van der Waals surface area contributed by atoms with E-state index in [-0.39, 0.29) is 6.04 Å². The molecule has 2 atom stereocenters. The number of terminal acetylenes is 1. The average Bonchev–Trinajstić information content (AvgIpc) is 2.38. The van der Waals surface area contributed by atoms with Crippen molar-refractivity contribution < 1.29 is 4.74 Å². The van der Waals surface area contributed by atoms with Crippen molar-refractivity contribution in [1.29, 1.82) is 0 Å². The molecule has 92 valence electrons. The first-order valence-corrected chi connectivity index (χ1v) is 6.04. The number of rotatable bonds is 6. The smallest absolute Gasteiger partial charge is 0.119 e. The molecule has 17 heavy (non-hydrogen) atoms. The van der Waals surface area contributed by atoms with Crippen molar-refractivity contribution in [2.45, 2.75) is 38.8 Å². The summed E-state index contributed by atoms with van der Waals surface area (Å²) in [6.07, 6.45) is 7.16. The van der Waals surface area contributed by atoms with Crippen LogP contribution in [0.4, 0.5) is 0 Å². The van der Waals surface area contributed by atoms with Crippen molar-refractivity contribution >= 4 is 0 Å². The van der Waals surface area contributed by atoms with E-state index in [1.54, 1.807) is 7.11 Å². The van der Waals surface area contributed by atoms with E-state index < -0.39 is 0 Å². The number of methoxy groups -OCH3 is 1. The van der Waals surface area contributed by atoms with Gasteiger partial charge in [-0.3, -0.25) is 0 Å². The first-order chi connectivity index (χ1) is 8.21. The third-order valence-corrected chi connectivity index (χ3v) is 2.94. The molecule has 0 saturated carbocycles. The molecule has 0 heterocycles. The molecule has 0 fully saturated rings. The lowest BCUT2D eigenvalue weighted by atomic mass is 10.1. The Morgan fingerprint density at radius 3 is 2.82 bits per heavy atom. The van der Waals surface area contributed by atoms with E-state index >= 15 is 0 Å². The zero-order valence-electron chi connectivity index (χ0n) is 10.9. The van der Waals surface area contributed by atoms with Gasteiger partial charge in [0.1, 0.15) is 5.75 Å². The molecule has 2 heteroatoms. The van der Waals surface area contributed by atoms with Crippen LogP contribution in [0.3, 0.4) is 0 Å². The van der Waals surface area contributed by atoms with Gasteiger partial charge in [0.25, 0.3) is 0 Å². The van der Waals surface area contributed by atoms with Crippen LogP contribution < -0.4 is 10.1 Å². The largest absolute Gasteiger partial charge is 0.497 e. The van der Waals surface area contributed by atoms with Crippen LogP contribution in [-0.4, -0.2) is 13.2 Å². The second kappa shape index (κ2) is 6.98. The van der Waals surface area contributed by atoms with E-state index in [1.165, 1.54) is 5.56 Å². The summed E-state index contributed by atoms with van der Waals surface area (Å²) in [7, 11) is 1.68. The molecule has 0 radical (unpaired) electrons. The average molecular weight is 231 g/mol. The minimum absolute atomic E-state index is 0.281. The maximum absolute atomic E-state index is 5.36. The lowest BCUT2D eigenvalue weighted by Crippen LogP contribution is -2.30. The van der Waals surface area contributed by atoms with Crippen molar-refractivity contribution in [3.8, 4) is 18.1 Å². The van der Waals surface area contributed by atoms with Crippen LogP contribution in [0.25, 0.3) is 0 Å². The van der Waals surface area contributed by atoms with Crippen molar-refractivity contribution in [2.75, 3.05) is 7.11 Å². The molecule has 1 rings (SSSR count). The molecule has 1 aromatic carbocycles. The van der Waals surface area contributed by atoms with Gasteiger partial charge in [-0.2, -0.15) is 0 Å². The van der Waals surface area contributed by atoms with E-state index in [9.17, 15) is 0 Å². The molecule has 0 bridgehead atoms. The Bertz CT molecular complexity index is 381. The second-order valence-electron chi connectivity index (χ2n) is 4.18. The summed E-state index contributed by atoms with van der Waals surface area (Å²) in [4.78, 5) is 0. The van der Waals surface area contributed by atoms with Crippen LogP contribution in [0.5, 0.6) is 5.75 Å². The monoisotopic (exact) mass is 231 g/mol. The van der Waals surface area contributed by atoms with E-state index in [0.29, 0.717) is 6.04 Å². The Morgan fingerprint density at radius 2 is 2.24 bits per heavy atom. The van der Waals surface area contributed by atoms with Gasteiger partial charge in [-0.1, -0.05) is 19.1 Å². The van der Waals surface area contributed by atoms with Crippen LogP contribution in [-0.2, 0) is 0 Å². The van der Waals surface area contributed by atoms with Crippen LogP contribution in [0, 0.1) is 12.3 Å². The van der Waals surface area contributed by atoms with Crippen molar-refractivity contribution in [3.05, 3.63) is 29.8 Å². The highest BCUT2D eigenvalue weighted by Gasteiger charge is 2.11. The molecule has 0 aliphatic rings. The van der Waals surface area contributed by atoms with Crippen LogP contribution in [0.2, 0.25) is 0 Å². The van der Waals surface area contributed by atoms with Gasteiger partial charge in [0.2, 0.25) is 0 Å². The van der Waals surface area contributed by atoms with Gasteiger partial charge in [-0.05, 0) is 31.0 Å². The Balaban J connectivity index is 2.68. The second-order valence-corrected chi connectivity index (χ2v) is 4.18. The number of hydrogen-bond acceptors (Lipinski definition) is 2. The topological polar surface area (TPSA) is 21.3 Å². The fraction of sp³-hybridized carbons (Fsp3) is 0.467. The lowest BCUT2D eigenvalue weighted by molar-refractivity contribution is 0.411. The molecule has 0 saturated heterocycles. The highest BCUT2D eigenvalue weighted by atomic mass is 16.5. The number of hydrogen-bond donors (Lipinski definition) is 1. The maximum Gasteiger partial charge on any atom is 0.119 e. The molecule has 2 nitrogen and oxygen atoms in total. The molecule has 0 aromatic heterocycles. The van der Waals surface area contributed by atoms with Crippen LogP contribution in [0.1, 0.15) is 38.3 Å². The normalized spacial score (nSPS) is 13.8. The Morgan fingerprint density at radius 1 is 1.47 bits per heavy atom. The number of benzene rings is 1. The molecular formula is C15H21NO. The minimum Gasteiger partial charge on any atom is -0.497 e. The molecule has 2 unspecified atom stereocenters. The van der Waals surface area contributed by atoms with E-state index in [0.717, 1.165) is 18.6 Å². The van der Waals surface area contributed by atoms with Crippen LogP contribution >= 0.6 is 0 Å². The minimum atomic E-state index is 0.281. The summed E-state index contributed by atoms with van der Waals surface area (Å²) in [5.41, 5.74) is 1.22. The molecule has 0 amide bonds. The highest BCUT2D eigenvalue weighted by Crippen LogP contribution is 2.19. The van der Waals surface area contributed by atoms with Crippen LogP contribution in [0.15, 0.2) is 24.3 Å². The molecule has 0 aliphatic carbocycles. The zero-order chi connectivity index (χ0) is 12.7. The predicted molar refractivity (Wildman–Crippen MR) is 72.1 cm³/mol. The first kappa shape index (κ1) is 13.6. The predicted octanol–water partition coefficient (Wildman–Crippen LogP) is 3.15. The Hall–Kier alpha value is -1.46. The summed E-state index contributed by atoms with van der Waals surface area (Å²) in [6.45, 7) is 4.29. The summed E-state index contributed by atoms with van der Waals surface area (Å²) in [6, 6.07) is 8.77. The molecule has 0 spiro atoms. The van der Waals surface area contributed by atoms with Gasteiger partial charge >= 0.3 is 0 Å². The summed E-state index contributed by atoms with van der Waals surface area (Å²) in [5, 5.41) is 3.54. The van der Waals surface area contributed by atoms with Crippen molar-refractivity contribution in [1.82, 2.24) is 5.32 Å². The van der Waals surface area contributed by atoms with Gasteiger partial charge in [0, 0.05) is 18.5 Å². The SMILES string of the molecule is C#CCC(CC)NC(C)c1cccc(OC)c1. The summed E-state index contributed by atoms with van der Waals surface area (Å²) < 4.78 is 5.22. The molecule has 1 aromatic rings. The maximum atomic E-state index is 5.36. The summed E-state index contributed by atoms with van der Waals surface area (Å²) in [5.74, 6) is 3.60. The fourth-order valence-electron chi connectivity index (χ4n) is 1.82. The molecule has 0 aliphatic heterocycles. The van der Waals surface area contributed by atoms with Gasteiger partial charge < -0.3 is 10.1 Å². The van der Waals surface area contributed by atoms with Gasteiger partial charge in [0.05, 0.1) is 7.11 Å². The van der Waals surface area contributed by atoms with E-state index in [1.807, 2.05) is 12.1 Å². The fourth-order valence-corrected chi connectivity index (χ4v) is 1.82. The molecular weight excluding hydrogens is 210 g/mol. The zero-order valence-corrected chi connectivity index (χ0v) is 10.9. The highest BCUT2D eigenvalue weighted by molar-refractivity contribution is 5.30. The Labute approximate surface area is 104 Å². The quantitative estimate of drug-likeness (QED) is 0.759. The van der Waals surface area contributed by atoms with E-state index in [2.05, 4.69) is 37.2 Å². The first-order valence-electron chi connectivity index (χ1n) is 6.04. The van der Waals surface area contributed by atoms with Gasteiger partial charge in [-0.15, -0.1) is 12.3 Å². The standard InChI is InChI=1S/C15H21NO/c1-5-8-14(6-2)16-12(3)13-9-7-10-15(11-13)17-4/h1,7,9-12,14,16H,6,8H2,2-4H3. The third kappa shape index (κ3) is 4.13. The Kier molecular flexibility index (Phi) is 5.59. The van der Waals surface area contributed by atoms with E-state index in [4.69, 9.17) is 11.2 Å². The number of nitrogens with one attached hydrogen (secondary N) is 1. The van der Waals surface area contributed by atoms with Gasteiger partial charge in [-0.25, -0.2) is 0 Å². The lowest BCUT2D eigenvalue weighted by Gasteiger charge is -2.21.